The van der Waals surface area contributed by atoms with Gasteiger partial charge in [-0.1, -0.05) is 49.4 Å². The fraction of sp³-hybridized carbons (Fsp3) is 0.188. The largest absolute Gasteiger partial charge is 0.293 e. The second-order valence-electron chi connectivity index (χ2n) is 4.47. The molecule has 0 radical (unpaired) electrons. The van der Waals surface area contributed by atoms with Crippen LogP contribution in [-0.4, -0.2) is 16.0 Å². The maximum absolute atomic E-state index is 12.5. The number of carbonyl (C=O) groups is 1. The van der Waals surface area contributed by atoms with E-state index in [0.29, 0.717) is 16.9 Å². The zero-order chi connectivity index (χ0) is 15.2. The van der Waals surface area contributed by atoms with E-state index >= 15 is 0 Å². The molecule has 2 rings (SSSR count). The van der Waals surface area contributed by atoms with E-state index in [4.69, 9.17) is 0 Å². The zero-order valence-corrected chi connectivity index (χ0v) is 12.4. The Morgan fingerprint density at radius 3 is 2.38 bits per heavy atom. The quantitative estimate of drug-likeness (QED) is 0.344. The normalized spacial score (nSPS) is 11.9. The summed E-state index contributed by atoms with van der Waals surface area (Å²) in [7, 11) is 0. The summed E-state index contributed by atoms with van der Waals surface area (Å²) < 4.78 is 0. The molecular formula is C16H15NO3S. The lowest BCUT2D eigenvalue weighted by Gasteiger charge is -2.13. The molecule has 2 aromatic carbocycles. The van der Waals surface area contributed by atoms with Crippen molar-refractivity contribution >= 4 is 23.2 Å². The lowest BCUT2D eigenvalue weighted by atomic mass is 10.1. The second-order valence-corrected chi connectivity index (χ2v) is 5.71. The minimum Gasteiger partial charge on any atom is -0.293 e. The van der Waals surface area contributed by atoms with Crippen molar-refractivity contribution in [2.45, 2.75) is 23.5 Å². The van der Waals surface area contributed by atoms with Gasteiger partial charge in [-0.2, -0.15) is 0 Å². The van der Waals surface area contributed by atoms with Gasteiger partial charge in [-0.15, -0.1) is 11.8 Å². The highest BCUT2D eigenvalue weighted by atomic mass is 32.2. The van der Waals surface area contributed by atoms with Crippen molar-refractivity contribution in [3.63, 3.8) is 0 Å². The number of hydrogen-bond donors (Lipinski definition) is 0. The molecule has 0 aromatic heterocycles. The highest BCUT2D eigenvalue weighted by molar-refractivity contribution is 8.00. The number of ketones is 1. The average molecular weight is 301 g/mol. The van der Waals surface area contributed by atoms with Gasteiger partial charge < -0.3 is 0 Å². The van der Waals surface area contributed by atoms with Crippen molar-refractivity contribution in [1.29, 1.82) is 0 Å². The predicted molar refractivity (Wildman–Crippen MR) is 83.8 cm³/mol. The van der Waals surface area contributed by atoms with Crippen LogP contribution in [0.2, 0.25) is 0 Å². The summed E-state index contributed by atoms with van der Waals surface area (Å²) in [5.41, 5.74) is 0.678. The van der Waals surface area contributed by atoms with Crippen molar-refractivity contribution in [3.05, 3.63) is 70.3 Å². The number of hydrogen-bond acceptors (Lipinski definition) is 4. The number of nitro benzene ring substituents is 1. The van der Waals surface area contributed by atoms with Crippen LogP contribution < -0.4 is 0 Å². The zero-order valence-electron chi connectivity index (χ0n) is 11.6. The third-order valence-corrected chi connectivity index (χ3v) is 4.48. The lowest BCUT2D eigenvalue weighted by Crippen LogP contribution is -2.16. The number of benzene rings is 2. The van der Waals surface area contributed by atoms with E-state index in [-0.39, 0.29) is 16.7 Å². The molecule has 0 aliphatic heterocycles. The summed E-state index contributed by atoms with van der Waals surface area (Å²) in [6.07, 6.45) is 0.616. The topological polar surface area (TPSA) is 60.2 Å². The molecule has 0 aliphatic carbocycles. The van der Waals surface area contributed by atoms with Gasteiger partial charge >= 0.3 is 0 Å². The van der Waals surface area contributed by atoms with Crippen LogP contribution in [0.3, 0.4) is 0 Å². The number of nitrogens with zero attached hydrogens (tertiary/aromatic N) is 1. The SMILES string of the molecule is CCC(Sc1ccccc1[N+](=O)[O-])C(=O)c1ccccc1. The van der Waals surface area contributed by atoms with E-state index < -0.39 is 4.92 Å². The van der Waals surface area contributed by atoms with Gasteiger partial charge in [-0.05, 0) is 12.5 Å². The van der Waals surface area contributed by atoms with Gasteiger partial charge in [0.25, 0.3) is 5.69 Å². The van der Waals surface area contributed by atoms with Gasteiger partial charge in [0.05, 0.1) is 15.1 Å². The molecule has 4 nitrogen and oxygen atoms in total. The molecule has 1 unspecified atom stereocenters. The minimum absolute atomic E-state index is 0.00116. The molecule has 0 bridgehead atoms. The number of rotatable bonds is 6. The van der Waals surface area contributed by atoms with E-state index in [1.54, 1.807) is 30.3 Å². The number of carbonyl (C=O) groups excluding carboxylic acids is 1. The number of para-hydroxylation sites is 1. The van der Waals surface area contributed by atoms with Gasteiger partial charge in [-0.3, -0.25) is 14.9 Å². The lowest BCUT2D eigenvalue weighted by molar-refractivity contribution is -0.387. The van der Waals surface area contributed by atoms with Crippen LogP contribution in [0.25, 0.3) is 0 Å². The van der Waals surface area contributed by atoms with Crippen LogP contribution in [0.4, 0.5) is 5.69 Å². The van der Waals surface area contributed by atoms with E-state index in [1.807, 2.05) is 25.1 Å². The summed E-state index contributed by atoms with van der Waals surface area (Å²) in [5.74, 6) is 0.00116. The fourth-order valence-corrected chi connectivity index (χ4v) is 3.11. The Bertz CT molecular complexity index is 643. The number of nitro groups is 1. The Morgan fingerprint density at radius 1 is 1.14 bits per heavy atom. The molecule has 0 spiro atoms. The first kappa shape index (κ1) is 15.3. The molecule has 21 heavy (non-hydrogen) atoms. The van der Waals surface area contributed by atoms with Crippen LogP contribution >= 0.6 is 11.8 Å². The summed E-state index contributed by atoms with van der Waals surface area (Å²) in [6.45, 7) is 1.91. The van der Waals surface area contributed by atoms with E-state index in [2.05, 4.69) is 0 Å². The van der Waals surface area contributed by atoms with Crippen LogP contribution in [0.5, 0.6) is 0 Å². The Hall–Kier alpha value is -2.14. The molecule has 0 fully saturated rings. The Balaban J connectivity index is 2.24. The summed E-state index contributed by atoms with van der Waals surface area (Å²) in [6, 6.07) is 15.5. The van der Waals surface area contributed by atoms with Crippen molar-refractivity contribution < 1.29 is 9.72 Å². The minimum atomic E-state index is -0.415. The fourth-order valence-electron chi connectivity index (χ4n) is 1.97. The molecule has 108 valence electrons. The van der Waals surface area contributed by atoms with Crippen LogP contribution in [0.15, 0.2) is 59.5 Å². The summed E-state index contributed by atoms with van der Waals surface area (Å²) >= 11 is 1.26. The maximum Gasteiger partial charge on any atom is 0.282 e. The Labute approximate surface area is 127 Å². The monoisotopic (exact) mass is 301 g/mol. The first-order chi connectivity index (χ1) is 10.1. The maximum atomic E-state index is 12.5. The second kappa shape index (κ2) is 7.04. The summed E-state index contributed by atoms with van der Waals surface area (Å²) in [4.78, 5) is 23.6. The van der Waals surface area contributed by atoms with Crippen LogP contribution in [-0.2, 0) is 0 Å². The Kier molecular flexibility index (Phi) is 5.11. The van der Waals surface area contributed by atoms with Gasteiger partial charge in [0.1, 0.15) is 0 Å². The Morgan fingerprint density at radius 2 is 1.76 bits per heavy atom. The van der Waals surface area contributed by atoms with E-state index in [1.165, 1.54) is 17.8 Å². The molecule has 0 heterocycles. The highest BCUT2D eigenvalue weighted by Crippen LogP contribution is 2.34. The molecule has 0 saturated heterocycles. The first-order valence-electron chi connectivity index (χ1n) is 6.62. The van der Waals surface area contributed by atoms with Crippen molar-refractivity contribution in [3.8, 4) is 0 Å². The molecule has 5 heteroatoms. The average Bonchev–Trinajstić information content (AvgIpc) is 2.53. The molecule has 0 aliphatic rings. The third-order valence-electron chi connectivity index (χ3n) is 3.05. The standard InChI is InChI=1S/C16H15NO3S/c1-2-14(16(18)12-8-4-3-5-9-12)21-15-11-7-6-10-13(15)17(19)20/h3-11,14H,2H2,1H3. The van der Waals surface area contributed by atoms with Crippen molar-refractivity contribution in [2.75, 3.05) is 0 Å². The summed E-state index contributed by atoms with van der Waals surface area (Å²) in [5, 5.41) is 10.7. The van der Waals surface area contributed by atoms with Crippen molar-refractivity contribution in [2.24, 2.45) is 0 Å². The smallest absolute Gasteiger partial charge is 0.282 e. The molecule has 0 N–H and O–H groups in total. The molecule has 1 atom stereocenters. The predicted octanol–water partition coefficient (Wildman–Crippen LogP) is 4.35. The van der Waals surface area contributed by atoms with Gasteiger partial charge in [-0.25, -0.2) is 0 Å². The first-order valence-corrected chi connectivity index (χ1v) is 7.50. The molecule has 2 aromatic rings. The van der Waals surface area contributed by atoms with Gasteiger partial charge in [0, 0.05) is 11.6 Å². The highest BCUT2D eigenvalue weighted by Gasteiger charge is 2.23. The molecule has 0 amide bonds. The van der Waals surface area contributed by atoms with Gasteiger partial charge in [0.2, 0.25) is 0 Å². The molecular weight excluding hydrogens is 286 g/mol. The van der Waals surface area contributed by atoms with E-state index in [9.17, 15) is 14.9 Å². The number of Topliss-reactive ketones (excluding diaryl/α,β-unsaturated/α-hetero) is 1. The van der Waals surface area contributed by atoms with Crippen LogP contribution in [0.1, 0.15) is 23.7 Å². The van der Waals surface area contributed by atoms with Crippen LogP contribution in [0, 0.1) is 10.1 Å². The number of thioether (sulfide) groups is 1. The van der Waals surface area contributed by atoms with E-state index in [0.717, 1.165) is 0 Å². The molecule has 0 saturated carbocycles. The third kappa shape index (κ3) is 3.70. The van der Waals surface area contributed by atoms with Gasteiger partial charge in [0.15, 0.2) is 5.78 Å². The van der Waals surface area contributed by atoms with Crippen molar-refractivity contribution in [1.82, 2.24) is 0 Å².